The number of nitrogen functional groups attached to an aromatic ring is 1. The van der Waals surface area contributed by atoms with Crippen molar-refractivity contribution in [3.63, 3.8) is 0 Å². The van der Waals surface area contributed by atoms with Gasteiger partial charge in [0.1, 0.15) is 23.3 Å². The van der Waals surface area contributed by atoms with Gasteiger partial charge in [-0.15, -0.1) is 0 Å². The first-order valence-electron chi connectivity index (χ1n) is 10.7. The fourth-order valence-corrected chi connectivity index (χ4v) is 3.57. The van der Waals surface area contributed by atoms with Crippen LogP contribution in [0.3, 0.4) is 0 Å². The van der Waals surface area contributed by atoms with Crippen LogP contribution in [0.1, 0.15) is 41.4 Å². The van der Waals surface area contributed by atoms with E-state index in [1.54, 1.807) is 6.07 Å². The van der Waals surface area contributed by atoms with Crippen LogP contribution in [-0.2, 0) is 6.42 Å². The minimum atomic E-state index is -0.381. The zero-order valence-electron chi connectivity index (χ0n) is 18.9. The van der Waals surface area contributed by atoms with Crippen molar-refractivity contribution in [3.05, 3.63) is 64.1 Å². The standard InChI is InChI=1S/C24H25ClFN5O3/c1-3-11-34-22-19(25)12-15(13-21(22)33-2)24(32)29-10-4-5-20-18(14-27)23(28)31(30-20)17-8-6-16(26)7-9-17/h6-9,12-13H,3-5,10-11,28H2,1-2H3,(H,29,32). The maximum Gasteiger partial charge on any atom is 0.251 e. The molecule has 3 rings (SSSR count). The lowest BCUT2D eigenvalue weighted by Gasteiger charge is -2.13. The number of carbonyl (C=O) groups is 1. The molecule has 0 atom stereocenters. The number of anilines is 1. The van der Waals surface area contributed by atoms with Gasteiger partial charge in [-0.3, -0.25) is 4.79 Å². The number of rotatable bonds is 10. The summed E-state index contributed by atoms with van der Waals surface area (Å²) < 4.78 is 25.5. The van der Waals surface area contributed by atoms with Gasteiger partial charge in [0.15, 0.2) is 11.5 Å². The van der Waals surface area contributed by atoms with Crippen LogP contribution in [0.5, 0.6) is 11.5 Å². The summed E-state index contributed by atoms with van der Waals surface area (Å²) in [6.45, 7) is 2.79. The molecule has 0 unspecified atom stereocenters. The molecule has 2 aromatic carbocycles. The summed E-state index contributed by atoms with van der Waals surface area (Å²) in [7, 11) is 1.48. The fraction of sp³-hybridized carbons (Fsp3) is 0.292. The van der Waals surface area contributed by atoms with Crippen molar-refractivity contribution in [2.24, 2.45) is 0 Å². The van der Waals surface area contributed by atoms with Crippen molar-refractivity contribution in [3.8, 4) is 23.3 Å². The highest BCUT2D eigenvalue weighted by atomic mass is 35.5. The van der Waals surface area contributed by atoms with E-state index >= 15 is 0 Å². The van der Waals surface area contributed by atoms with Crippen LogP contribution in [0.4, 0.5) is 10.2 Å². The molecule has 1 amide bonds. The van der Waals surface area contributed by atoms with Gasteiger partial charge in [-0.2, -0.15) is 10.4 Å². The minimum Gasteiger partial charge on any atom is -0.493 e. The summed E-state index contributed by atoms with van der Waals surface area (Å²) in [5.41, 5.74) is 7.73. The first-order valence-corrected chi connectivity index (χ1v) is 11.1. The summed E-state index contributed by atoms with van der Waals surface area (Å²) in [5.74, 6) is 0.264. The molecule has 8 nitrogen and oxygen atoms in total. The number of benzene rings is 2. The number of nitriles is 1. The molecule has 3 aromatic rings. The Kier molecular flexibility index (Phi) is 8.33. The van der Waals surface area contributed by atoms with Crippen LogP contribution in [0.25, 0.3) is 5.69 Å². The largest absolute Gasteiger partial charge is 0.493 e. The Labute approximate surface area is 202 Å². The maximum absolute atomic E-state index is 13.2. The second-order valence-electron chi connectivity index (χ2n) is 7.40. The van der Waals surface area contributed by atoms with E-state index in [9.17, 15) is 14.4 Å². The lowest BCUT2D eigenvalue weighted by molar-refractivity contribution is 0.0952. The number of aryl methyl sites for hydroxylation is 1. The number of methoxy groups -OCH3 is 1. The molecule has 178 valence electrons. The van der Waals surface area contributed by atoms with Crippen molar-refractivity contribution in [1.82, 2.24) is 15.1 Å². The normalized spacial score (nSPS) is 10.6. The molecule has 34 heavy (non-hydrogen) atoms. The molecule has 0 bridgehead atoms. The Morgan fingerprint density at radius 1 is 1.32 bits per heavy atom. The third-order valence-corrected chi connectivity index (χ3v) is 5.28. The zero-order valence-corrected chi connectivity index (χ0v) is 19.7. The topological polar surface area (TPSA) is 115 Å². The van der Waals surface area contributed by atoms with Crippen LogP contribution in [-0.4, -0.2) is 35.9 Å². The first kappa shape index (κ1) is 24.9. The third-order valence-electron chi connectivity index (χ3n) is 4.99. The van der Waals surface area contributed by atoms with Gasteiger partial charge in [0, 0.05) is 12.1 Å². The van der Waals surface area contributed by atoms with Crippen LogP contribution in [0, 0.1) is 17.1 Å². The number of carbonyl (C=O) groups excluding carboxylic acids is 1. The molecule has 0 radical (unpaired) electrons. The summed E-state index contributed by atoms with van der Waals surface area (Å²) in [5, 5.41) is 17.0. The van der Waals surface area contributed by atoms with E-state index in [4.69, 9.17) is 26.8 Å². The number of hydrogen-bond acceptors (Lipinski definition) is 6. The molecule has 0 aliphatic heterocycles. The third kappa shape index (κ3) is 5.58. The molecule has 3 N–H and O–H groups in total. The van der Waals surface area contributed by atoms with Gasteiger partial charge < -0.3 is 20.5 Å². The number of halogens is 2. The maximum atomic E-state index is 13.2. The zero-order chi connectivity index (χ0) is 24.7. The highest BCUT2D eigenvalue weighted by Gasteiger charge is 2.18. The average molecular weight is 486 g/mol. The van der Waals surface area contributed by atoms with Gasteiger partial charge in [-0.05, 0) is 55.7 Å². The highest BCUT2D eigenvalue weighted by molar-refractivity contribution is 6.32. The first-order chi connectivity index (χ1) is 16.4. The Hall–Kier alpha value is -3.77. The Balaban J connectivity index is 1.64. The molecule has 0 aliphatic rings. The summed E-state index contributed by atoms with van der Waals surface area (Å²) in [6.07, 6.45) is 1.74. The number of hydrogen-bond donors (Lipinski definition) is 2. The summed E-state index contributed by atoms with van der Waals surface area (Å²) >= 11 is 6.29. The van der Waals surface area contributed by atoms with Gasteiger partial charge in [0.05, 0.1) is 30.1 Å². The predicted octanol–water partition coefficient (Wildman–Crippen LogP) is 4.28. The van der Waals surface area contributed by atoms with E-state index in [-0.39, 0.29) is 23.1 Å². The molecule has 1 heterocycles. The summed E-state index contributed by atoms with van der Waals surface area (Å²) in [6, 6.07) is 10.8. The second kappa shape index (κ2) is 11.4. The molecule has 0 aliphatic carbocycles. The molecule has 0 fully saturated rings. The van der Waals surface area contributed by atoms with Crippen molar-refractivity contribution in [2.45, 2.75) is 26.2 Å². The minimum absolute atomic E-state index is 0.181. The van der Waals surface area contributed by atoms with Gasteiger partial charge in [-0.1, -0.05) is 18.5 Å². The van der Waals surface area contributed by atoms with E-state index < -0.39 is 0 Å². The Morgan fingerprint density at radius 2 is 2.06 bits per heavy atom. The highest BCUT2D eigenvalue weighted by Crippen LogP contribution is 2.36. The monoisotopic (exact) mass is 485 g/mol. The quantitative estimate of drug-likeness (QED) is 0.414. The second-order valence-corrected chi connectivity index (χ2v) is 7.81. The van der Waals surface area contributed by atoms with Crippen molar-refractivity contribution >= 4 is 23.3 Å². The molecule has 0 saturated carbocycles. The fourth-order valence-electron chi connectivity index (χ4n) is 3.31. The molecular formula is C24H25ClFN5O3. The van der Waals surface area contributed by atoms with E-state index in [0.717, 1.165) is 6.42 Å². The van der Waals surface area contributed by atoms with Crippen LogP contribution < -0.4 is 20.5 Å². The van der Waals surface area contributed by atoms with Gasteiger partial charge in [0.25, 0.3) is 5.91 Å². The van der Waals surface area contributed by atoms with Crippen LogP contribution in [0.15, 0.2) is 36.4 Å². The molecular weight excluding hydrogens is 461 g/mol. The lowest BCUT2D eigenvalue weighted by Crippen LogP contribution is -2.25. The van der Waals surface area contributed by atoms with E-state index in [1.807, 2.05) is 6.92 Å². The number of nitrogens with one attached hydrogen (secondary N) is 1. The van der Waals surface area contributed by atoms with Gasteiger partial charge in [0.2, 0.25) is 0 Å². The lowest BCUT2D eigenvalue weighted by atomic mass is 10.1. The molecule has 0 spiro atoms. The molecule has 1 aromatic heterocycles. The average Bonchev–Trinajstić information content (AvgIpc) is 3.15. The van der Waals surface area contributed by atoms with E-state index in [1.165, 1.54) is 42.1 Å². The van der Waals surface area contributed by atoms with Crippen molar-refractivity contribution < 1.29 is 18.7 Å². The SMILES string of the molecule is CCCOc1c(Cl)cc(C(=O)NCCCc2nn(-c3ccc(F)cc3)c(N)c2C#N)cc1OC. The molecule has 10 heteroatoms. The number of nitrogens with two attached hydrogens (primary N) is 1. The van der Waals surface area contributed by atoms with E-state index in [2.05, 4.69) is 16.5 Å². The Bertz CT molecular complexity index is 1200. The predicted molar refractivity (Wildman–Crippen MR) is 127 cm³/mol. The summed E-state index contributed by atoms with van der Waals surface area (Å²) in [4.78, 5) is 12.6. The smallest absolute Gasteiger partial charge is 0.251 e. The molecule has 0 saturated heterocycles. The van der Waals surface area contributed by atoms with Crippen LogP contribution >= 0.6 is 11.6 Å². The number of amides is 1. The van der Waals surface area contributed by atoms with Crippen molar-refractivity contribution in [2.75, 3.05) is 26.0 Å². The van der Waals surface area contributed by atoms with Crippen LogP contribution in [0.2, 0.25) is 5.02 Å². The Morgan fingerprint density at radius 3 is 2.71 bits per heavy atom. The number of ether oxygens (including phenoxy) is 2. The van der Waals surface area contributed by atoms with E-state index in [0.29, 0.717) is 59.5 Å². The van der Waals surface area contributed by atoms with Gasteiger partial charge >= 0.3 is 0 Å². The van der Waals surface area contributed by atoms with Crippen molar-refractivity contribution in [1.29, 1.82) is 5.26 Å². The number of nitrogens with zero attached hydrogens (tertiary/aromatic N) is 3. The number of aromatic nitrogens is 2. The van der Waals surface area contributed by atoms with Gasteiger partial charge in [-0.25, -0.2) is 9.07 Å².